The van der Waals surface area contributed by atoms with Gasteiger partial charge in [-0.05, 0) is 24.6 Å². The molecule has 0 amide bonds. The van der Waals surface area contributed by atoms with E-state index in [1.165, 1.54) is 0 Å². The summed E-state index contributed by atoms with van der Waals surface area (Å²) in [6, 6.07) is 9.44. The Kier molecular flexibility index (Phi) is 4.78. The van der Waals surface area contributed by atoms with E-state index in [0.717, 1.165) is 5.56 Å². The maximum atomic E-state index is 12.4. The second kappa shape index (κ2) is 6.27. The molecule has 1 saturated carbocycles. The molecule has 1 aromatic rings. The Morgan fingerprint density at radius 2 is 1.91 bits per heavy atom. The molecule has 120 valence electrons. The molecule has 0 unspecified atom stereocenters. The zero-order valence-electron chi connectivity index (χ0n) is 13.1. The smallest absolute Gasteiger partial charge is 0.155 e. The topological polar surface area (TPSA) is 76.4 Å². The predicted octanol–water partition coefficient (Wildman–Crippen LogP) is 2.14. The Labute approximate surface area is 131 Å². The number of methoxy groups -OCH3 is 1. The molecule has 0 aromatic heterocycles. The van der Waals surface area contributed by atoms with Gasteiger partial charge < -0.3 is 9.47 Å². The number of rotatable bonds is 7. The SMILES string of the molecule is CCOC[C@]1(C#N)[C@H](c2ccc(OC)cc2)[C@H]1S(=O)(=O)CC. The van der Waals surface area contributed by atoms with Crippen LogP contribution in [0.2, 0.25) is 0 Å². The summed E-state index contributed by atoms with van der Waals surface area (Å²) in [5.74, 6) is 0.381. The molecule has 0 spiro atoms. The Hall–Kier alpha value is -1.58. The summed E-state index contributed by atoms with van der Waals surface area (Å²) in [4.78, 5) is 0. The van der Waals surface area contributed by atoms with Gasteiger partial charge in [-0.2, -0.15) is 5.26 Å². The van der Waals surface area contributed by atoms with Crippen LogP contribution in [-0.2, 0) is 14.6 Å². The van der Waals surface area contributed by atoms with E-state index in [2.05, 4.69) is 6.07 Å². The van der Waals surface area contributed by atoms with Gasteiger partial charge in [-0.15, -0.1) is 0 Å². The molecule has 0 heterocycles. The third-order valence-corrected chi connectivity index (χ3v) is 6.54. The van der Waals surface area contributed by atoms with Crippen molar-refractivity contribution in [1.82, 2.24) is 0 Å². The van der Waals surface area contributed by atoms with Crippen LogP contribution in [0.25, 0.3) is 0 Å². The van der Waals surface area contributed by atoms with Gasteiger partial charge in [-0.25, -0.2) is 8.42 Å². The monoisotopic (exact) mass is 323 g/mol. The summed E-state index contributed by atoms with van der Waals surface area (Å²) in [5, 5.41) is 8.93. The van der Waals surface area contributed by atoms with E-state index in [1.54, 1.807) is 26.2 Å². The highest BCUT2D eigenvalue weighted by Gasteiger charge is 2.71. The maximum absolute atomic E-state index is 12.4. The fourth-order valence-electron chi connectivity index (χ4n) is 3.00. The highest BCUT2D eigenvalue weighted by atomic mass is 32.2. The molecule has 1 aromatic carbocycles. The van der Waals surface area contributed by atoms with Gasteiger partial charge in [0.25, 0.3) is 0 Å². The van der Waals surface area contributed by atoms with Crippen LogP contribution in [0.3, 0.4) is 0 Å². The van der Waals surface area contributed by atoms with Gasteiger partial charge in [0.2, 0.25) is 0 Å². The molecule has 0 N–H and O–H groups in total. The lowest BCUT2D eigenvalue weighted by Crippen LogP contribution is -2.20. The standard InChI is InChI=1S/C16H21NO4S/c1-4-21-11-16(10-17)14(15(16)22(18,19)5-2)12-6-8-13(20-3)9-7-12/h6-9,14-15H,4-5,11H2,1-3H3/t14-,15-,16-/m1/s1. The average Bonchev–Trinajstić information content (AvgIpc) is 3.23. The molecular formula is C16H21NO4S. The van der Waals surface area contributed by atoms with Gasteiger partial charge in [0, 0.05) is 18.3 Å². The maximum Gasteiger partial charge on any atom is 0.155 e. The van der Waals surface area contributed by atoms with Crippen LogP contribution in [0.5, 0.6) is 5.75 Å². The Bertz CT molecular complexity index is 662. The third-order valence-electron chi connectivity index (χ3n) is 4.27. The minimum atomic E-state index is -3.32. The van der Waals surface area contributed by atoms with E-state index in [4.69, 9.17) is 9.47 Å². The number of benzene rings is 1. The van der Waals surface area contributed by atoms with Gasteiger partial charge in [0.1, 0.15) is 11.2 Å². The molecule has 0 aliphatic heterocycles. The van der Waals surface area contributed by atoms with Crippen LogP contribution >= 0.6 is 0 Å². The summed E-state index contributed by atoms with van der Waals surface area (Å²) in [6.45, 7) is 4.04. The Morgan fingerprint density at radius 3 is 2.36 bits per heavy atom. The normalized spacial score (nSPS) is 27.2. The molecule has 3 atom stereocenters. The van der Waals surface area contributed by atoms with Crippen LogP contribution in [-0.4, -0.2) is 39.7 Å². The quantitative estimate of drug-likeness (QED) is 0.768. The first-order valence-corrected chi connectivity index (χ1v) is 9.02. The summed E-state index contributed by atoms with van der Waals surface area (Å²) < 4.78 is 35.3. The van der Waals surface area contributed by atoms with Gasteiger partial charge in [0.15, 0.2) is 9.84 Å². The summed E-state index contributed by atoms with van der Waals surface area (Å²) >= 11 is 0. The number of nitriles is 1. The van der Waals surface area contributed by atoms with Gasteiger partial charge in [0.05, 0.1) is 25.0 Å². The molecule has 1 aliphatic rings. The minimum Gasteiger partial charge on any atom is -0.497 e. The first-order chi connectivity index (χ1) is 10.5. The van der Waals surface area contributed by atoms with E-state index in [-0.39, 0.29) is 18.3 Å². The van der Waals surface area contributed by atoms with Crippen molar-refractivity contribution in [3.8, 4) is 11.8 Å². The molecule has 0 saturated heterocycles. The third kappa shape index (κ3) is 2.71. The number of ether oxygens (including phenoxy) is 2. The Morgan fingerprint density at radius 1 is 1.27 bits per heavy atom. The van der Waals surface area contributed by atoms with Crippen LogP contribution in [0.15, 0.2) is 24.3 Å². The van der Waals surface area contributed by atoms with E-state index >= 15 is 0 Å². The van der Waals surface area contributed by atoms with Crippen molar-refractivity contribution in [2.75, 3.05) is 26.1 Å². The summed E-state index contributed by atoms with van der Waals surface area (Å²) in [7, 11) is -1.75. The highest BCUT2D eigenvalue weighted by Crippen LogP contribution is 2.63. The average molecular weight is 323 g/mol. The number of nitrogens with zero attached hydrogens (tertiary/aromatic N) is 1. The lowest BCUT2D eigenvalue weighted by molar-refractivity contribution is 0.117. The summed E-state index contributed by atoms with van der Waals surface area (Å²) in [6.07, 6.45) is 0. The Balaban J connectivity index is 2.40. The van der Waals surface area contributed by atoms with Crippen molar-refractivity contribution in [2.45, 2.75) is 25.0 Å². The van der Waals surface area contributed by atoms with Crippen molar-refractivity contribution >= 4 is 9.84 Å². The zero-order valence-corrected chi connectivity index (χ0v) is 13.9. The first-order valence-electron chi connectivity index (χ1n) is 7.31. The van der Waals surface area contributed by atoms with Crippen molar-refractivity contribution in [1.29, 1.82) is 5.26 Å². The van der Waals surface area contributed by atoms with Gasteiger partial charge >= 0.3 is 0 Å². The zero-order chi connectivity index (χ0) is 16.4. The number of sulfone groups is 1. The highest BCUT2D eigenvalue weighted by molar-refractivity contribution is 7.92. The molecule has 1 aliphatic carbocycles. The van der Waals surface area contributed by atoms with Crippen LogP contribution in [0.4, 0.5) is 0 Å². The van der Waals surface area contributed by atoms with Crippen molar-refractivity contribution < 1.29 is 17.9 Å². The molecule has 5 nitrogen and oxygen atoms in total. The van der Waals surface area contributed by atoms with Crippen LogP contribution in [0, 0.1) is 16.7 Å². The second-order valence-electron chi connectivity index (χ2n) is 5.41. The molecule has 0 bridgehead atoms. The van der Waals surface area contributed by atoms with E-state index in [1.807, 2.05) is 19.1 Å². The number of hydrogen-bond donors (Lipinski definition) is 0. The minimum absolute atomic E-state index is 0.0277. The van der Waals surface area contributed by atoms with E-state index in [0.29, 0.717) is 12.4 Å². The first kappa shape index (κ1) is 16.8. The van der Waals surface area contributed by atoms with Crippen LogP contribution < -0.4 is 4.74 Å². The molecule has 22 heavy (non-hydrogen) atoms. The molecule has 2 rings (SSSR count). The van der Waals surface area contributed by atoms with Crippen molar-refractivity contribution in [3.05, 3.63) is 29.8 Å². The molecule has 1 fully saturated rings. The van der Waals surface area contributed by atoms with E-state index in [9.17, 15) is 13.7 Å². The molecular weight excluding hydrogens is 302 g/mol. The van der Waals surface area contributed by atoms with E-state index < -0.39 is 20.5 Å². The van der Waals surface area contributed by atoms with Gasteiger partial charge in [-0.3, -0.25) is 0 Å². The van der Waals surface area contributed by atoms with Crippen molar-refractivity contribution in [3.63, 3.8) is 0 Å². The fraction of sp³-hybridized carbons (Fsp3) is 0.562. The second-order valence-corrected chi connectivity index (χ2v) is 7.82. The molecule has 6 heteroatoms. The number of hydrogen-bond acceptors (Lipinski definition) is 5. The predicted molar refractivity (Wildman–Crippen MR) is 83.5 cm³/mol. The van der Waals surface area contributed by atoms with Gasteiger partial charge in [-0.1, -0.05) is 19.1 Å². The fourth-order valence-corrected chi connectivity index (χ4v) is 5.01. The molecule has 0 radical (unpaired) electrons. The van der Waals surface area contributed by atoms with Crippen molar-refractivity contribution in [2.24, 2.45) is 5.41 Å². The lowest BCUT2D eigenvalue weighted by atomic mass is 10.0. The largest absolute Gasteiger partial charge is 0.497 e. The summed E-state index contributed by atoms with van der Waals surface area (Å²) in [5.41, 5.74) is -0.150. The lowest BCUT2D eigenvalue weighted by Gasteiger charge is -2.09. The van der Waals surface area contributed by atoms with Crippen LogP contribution in [0.1, 0.15) is 25.3 Å².